The number of hydrogen-bond acceptors (Lipinski definition) is 1. The molecule has 4 heteroatoms. The largest absolute Gasteiger partial charge is 1.00 e. The minimum Gasteiger partial charge on any atom is -1.00 e. The molecule has 2 aromatic rings. The van der Waals surface area contributed by atoms with E-state index in [4.69, 9.17) is 0 Å². The Morgan fingerprint density at radius 1 is 1.30 bits per heavy atom. The molecule has 1 aromatic carbocycles. The van der Waals surface area contributed by atoms with E-state index in [1.165, 1.54) is 54.5 Å². The molecule has 0 amide bonds. The number of halogens is 1. The summed E-state index contributed by atoms with van der Waals surface area (Å²) in [7, 11) is 0. The lowest BCUT2D eigenvalue weighted by molar-refractivity contribution is -0.946. The van der Waals surface area contributed by atoms with E-state index in [0.717, 1.165) is 24.3 Å². The minimum atomic E-state index is 0. The molecule has 23 heavy (non-hydrogen) atoms. The van der Waals surface area contributed by atoms with Gasteiger partial charge in [-0.05, 0) is 43.0 Å². The van der Waals surface area contributed by atoms with Gasteiger partial charge in [0.2, 0.25) is 0 Å². The van der Waals surface area contributed by atoms with Gasteiger partial charge in [-0.25, -0.2) is 0 Å². The summed E-state index contributed by atoms with van der Waals surface area (Å²) in [5.74, 6) is 2.92. The Morgan fingerprint density at radius 2 is 2.17 bits per heavy atom. The number of rotatable bonds is 1. The molecule has 1 saturated carbocycles. The molecule has 4 aliphatic rings. The predicted molar refractivity (Wildman–Crippen MR) is 87.4 cm³/mol. The maximum absolute atomic E-state index is 9.87. The Bertz CT molecular complexity index is 740. The Kier molecular flexibility index (Phi) is 3.62. The van der Waals surface area contributed by atoms with Crippen molar-refractivity contribution in [3.05, 3.63) is 29.5 Å². The van der Waals surface area contributed by atoms with E-state index in [2.05, 4.69) is 11.9 Å². The second kappa shape index (κ2) is 5.42. The van der Waals surface area contributed by atoms with Crippen LogP contribution in [0.25, 0.3) is 10.9 Å². The molecule has 3 N–H and O–H groups in total. The quantitative estimate of drug-likeness (QED) is 0.630. The van der Waals surface area contributed by atoms with Gasteiger partial charge in [0.25, 0.3) is 0 Å². The molecular weight excluding hydrogens is 308 g/mol. The van der Waals surface area contributed by atoms with E-state index >= 15 is 0 Å². The molecule has 1 aliphatic carbocycles. The van der Waals surface area contributed by atoms with Crippen LogP contribution in [0.3, 0.4) is 0 Å². The van der Waals surface area contributed by atoms with Gasteiger partial charge in [0, 0.05) is 34.9 Å². The summed E-state index contributed by atoms with van der Waals surface area (Å²) in [4.78, 5) is 5.60. The first-order valence-corrected chi connectivity index (χ1v) is 8.92. The van der Waals surface area contributed by atoms with E-state index < -0.39 is 0 Å². The predicted octanol–water partition coefficient (Wildman–Crippen LogP) is -0.779. The van der Waals surface area contributed by atoms with E-state index in [1.807, 2.05) is 17.0 Å². The molecule has 3 nitrogen and oxygen atoms in total. The van der Waals surface area contributed by atoms with Gasteiger partial charge in [0.15, 0.2) is 0 Å². The first-order valence-electron chi connectivity index (χ1n) is 8.92. The van der Waals surface area contributed by atoms with Gasteiger partial charge in [-0.2, -0.15) is 0 Å². The molecule has 3 aliphatic heterocycles. The highest BCUT2D eigenvalue weighted by Crippen LogP contribution is 2.45. The highest BCUT2D eigenvalue weighted by molar-refractivity contribution is 5.86. The first-order chi connectivity index (χ1) is 10.7. The number of phenols is 1. The fourth-order valence-corrected chi connectivity index (χ4v) is 5.91. The van der Waals surface area contributed by atoms with Gasteiger partial charge in [-0.15, -0.1) is 0 Å². The van der Waals surface area contributed by atoms with Crippen molar-refractivity contribution in [1.29, 1.82) is 0 Å². The minimum absolute atomic E-state index is 0. The number of H-pyrrole nitrogens is 1. The zero-order valence-corrected chi connectivity index (χ0v) is 14.4. The van der Waals surface area contributed by atoms with E-state index in [-0.39, 0.29) is 12.4 Å². The maximum atomic E-state index is 9.87. The second-order valence-corrected chi connectivity index (χ2v) is 7.75. The summed E-state index contributed by atoms with van der Waals surface area (Å²) in [6, 6.07) is 6.62. The molecule has 0 radical (unpaired) electrons. The van der Waals surface area contributed by atoms with Crippen molar-refractivity contribution >= 4 is 10.9 Å². The standard InChI is InChI=1S/C19H24N2O.ClH/c1-2-12-7-11-8-16-18-14(5-6-21(10-11)19(12)16)15-9-13(22)3-4-17(15)20-18;/h3-4,9,11-12,16,19-20,22H,2,5-8,10H2,1H3;1H/t11-,12+,16+,19+;/m0./s1. The van der Waals surface area contributed by atoms with Crippen molar-refractivity contribution in [2.24, 2.45) is 11.8 Å². The van der Waals surface area contributed by atoms with Crippen LogP contribution < -0.4 is 17.3 Å². The van der Waals surface area contributed by atoms with Gasteiger partial charge in [-0.3, -0.25) is 0 Å². The fraction of sp³-hybridized carbons (Fsp3) is 0.579. The van der Waals surface area contributed by atoms with E-state index in [9.17, 15) is 5.11 Å². The number of benzene rings is 1. The number of aromatic nitrogens is 1. The number of aromatic hydroxyl groups is 1. The molecule has 1 unspecified atom stereocenters. The van der Waals surface area contributed by atoms with Crippen LogP contribution in [-0.2, 0) is 6.42 Å². The van der Waals surface area contributed by atoms with E-state index in [1.54, 1.807) is 6.07 Å². The third kappa shape index (κ3) is 2.13. The molecular formula is C19H25ClN2O. The average Bonchev–Trinajstić information content (AvgIpc) is 2.85. The van der Waals surface area contributed by atoms with Crippen LogP contribution in [0.5, 0.6) is 5.75 Å². The average molecular weight is 333 g/mol. The van der Waals surface area contributed by atoms with Crippen LogP contribution in [0.2, 0.25) is 0 Å². The summed E-state index contributed by atoms with van der Waals surface area (Å²) in [6.45, 7) is 5.04. The summed E-state index contributed by atoms with van der Waals surface area (Å²) < 4.78 is 0. The number of nitrogens with one attached hydrogen (secondary N) is 2. The van der Waals surface area contributed by atoms with Crippen LogP contribution in [-0.4, -0.2) is 29.2 Å². The molecule has 5 atom stereocenters. The number of quaternary nitrogens is 1. The summed E-state index contributed by atoms with van der Waals surface area (Å²) >= 11 is 0. The molecule has 124 valence electrons. The topological polar surface area (TPSA) is 40.5 Å². The number of aromatic amines is 1. The Hall–Kier alpha value is -1.19. The lowest BCUT2D eigenvalue weighted by atomic mass is 9.65. The zero-order valence-electron chi connectivity index (χ0n) is 13.6. The van der Waals surface area contributed by atoms with Gasteiger partial charge >= 0.3 is 0 Å². The van der Waals surface area contributed by atoms with Crippen LogP contribution in [0, 0.1) is 11.8 Å². The normalized spacial score (nSPS) is 34.7. The number of phenolic OH excluding ortho intramolecular Hbond substituents is 1. The Morgan fingerprint density at radius 3 is 3.00 bits per heavy atom. The van der Waals surface area contributed by atoms with E-state index in [0.29, 0.717) is 11.7 Å². The zero-order chi connectivity index (χ0) is 14.8. The molecule has 2 saturated heterocycles. The van der Waals surface area contributed by atoms with Gasteiger partial charge in [0.1, 0.15) is 5.75 Å². The number of hydrogen-bond donors (Lipinski definition) is 3. The van der Waals surface area contributed by atoms with Crippen molar-refractivity contribution in [2.45, 2.75) is 44.6 Å². The number of fused-ring (bicyclic) bond motifs is 4. The highest BCUT2D eigenvalue weighted by Gasteiger charge is 2.51. The Labute approximate surface area is 143 Å². The van der Waals surface area contributed by atoms with Crippen molar-refractivity contribution < 1.29 is 22.4 Å². The summed E-state index contributed by atoms with van der Waals surface area (Å²) in [5.41, 5.74) is 4.21. The fourth-order valence-electron chi connectivity index (χ4n) is 5.91. The molecule has 0 spiro atoms. The molecule has 1 aromatic heterocycles. The monoisotopic (exact) mass is 332 g/mol. The van der Waals surface area contributed by atoms with Gasteiger partial charge in [0.05, 0.1) is 25.0 Å². The van der Waals surface area contributed by atoms with Gasteiger partial charge in [-0.1, -0.05) is 6.92 Å². The highest BCUT2D eigenvalue weighted by atomic mass is 35.5. The van der Waals surface area contributed by atoms with Crippen LogP contribution in [0.15, 0.2) is 18.2 Å². The summed E-state index contributed by atoms with van der Waals surface area (Å²) in [5, 5.41) is 11.1. The molecule has 4 heterocycles. The molecule has 6 rings (SSSR count). The van der Waals surface area contributed by atoms with Crippen molar-refractivity contribution in [3.8, 4) is 5.75 Å². The molecule has 4 bridgehead atoms. The van der Waals surface area contributed by atoms with Crippen molar-refractivity contribution in [3.63, 3.8) is 0 Å². The SMILES string of the molecule is CC[C@@H]1C[C@H]2C[C@@H]3c4[nH]c5ccc(O)cc5c4CC[NH+](C2)[C@H]13.[Cl-]. The van der Waals surface area contributed by atoms with Crippen LogP contribution >= 0.6 is 0 Å². The number of piperidine rings is 2. The first kappa shape index (κ1) is 15.3. The van der Waals surface area contributed by atoms with Crippen molar-refractivity contribution in [2.75, 3.05) is 13.1 Å². The second-order valence-electron chi connectivity index (χ2n) is 7.75. The third-order valence-corrected chi connectivity index (χ3v) is 6.70. The van der Waals surface area contributed by atoms with Crippen molar-refractivity contribution in [1.82, 2.24) is 4.98 Å². The maximum Gasteiger partial charge on any atom is 0.116 e. The lowest BCUT2D eigenvalue weighted by Crippen LogP contribution is -3.20. The van der Waals surface area contributed by atoms with Crippen LogP contribution in [0.1, 0.15) is 43.4 Å². The lowest BCUT2D eigenvalue weighted by Gasteiger charge is -2.50. The Balaban J connectivity index is 0.00000135. The third-order valence-electron chi connectivity index (χ3n) is 6.70. The van der Waals surface area contributed by atoms with Crippen LogP contribution in [0.4, 0.5) is 0 Å². The molecule has 3 fully saturated rings. The summed E-state index contributed by atoms with van der Waals surface area (Å²) in [6.07, 6.45) is 5.32. The smallest absolute Gasteiger partial charge is 0.116 e. The van der Waals surface area contributed by atoms with Gasteiger partial charge < -0.3 is 27.4 Å².